The molecule has 1 heterocycles. The third-order valence-corrected chi connectivity index (χ3v) is 2.19. The van der Waals surface area contributed by atoms with Crippen LogP contribution in [0.5, 0.6) is 0 Å². The number of rotatable bonds is 1. The molecule has 0 aliphatic carbocycles. The van der Waals surface area contributed by atoms with Crippen molar-refractivity contribution in [1.82, 2.24) is 0 Å². The molecule has 0 radical (unpaired) electrons. The van der Waals surface area contributed by atoms with Crippen molar-refractivity contribution in [3.05, 3.63) is 12.7 Å². The third-order valence-electron chi connectivity index (χ3n) is 2.19. The lowest BCUT2D eigenvalue weighted by Gasteiger charge is -2.22. The Morgan fingerprint density at radius 3 is 2.70 bits per heavy atom. The van der Waals surface area contributed by atoms with Crippen LogP contribution in [0.2, 0.25) is 0 Å². The van der Waals surface area contributed by atoms with Gasteiger partial charge < -0.3 is 4.74 Å². The Kier molecular flexibility index (Phi) is 1.55. The lowest BCUT2D eigenvalue weighted by Crippen LogP contribution is -2.26. The van der Waals surface area contributed by atoms with E-state index in [2.05, 4.69) is 6.58 Å². The Bertz CT molecular complexity index is 174. The Labute approximate surface area is 60.9 Å². The molecule has 0 spiro atoms. The molecular formula is C8H12O2. The second kappa shape index (κ2) is 2.11. The van der Waals surface area contributed by atoms with E-state index in [-0.39, 0.29) is 11.9 Å². The molecule has 0 bridgehead atoms. The van der Waals surface area contributed by atoms with E-state index in [0.29, 0.717) is 6.42 Å². The Morgan fingerprint density at radius 2 is 2.50 bits per heavy atom. The second-order valence-corrected chi connectivity index (χ2v) is 2.97. The predicted octanol–water partition coefficient (Wildman–Crippen LogP) is 1.51. The van der Waals surface area contributed by atoms with Crippen LogP contribution in [0.3, 0.4) is 0 Å². The normalized spacial score (nSPS) is 39.4. The maximum atomic E-state index is 10.8. The summed E-state index contributed by atoms with van der Waals surface area (Å²) >= 11 is 0. The third kappa shape index (κ3) is 0.939. The molecular weight excluding hydrogens is 128 g/mol. The van der Waals surface area contributed by atoms with E-state index in [1.165, 1.54) is 0 Å². The van der Waals surface area contributed by atoms with Gasteiger partial charge in [-0.3, -0.25) is 4.79 Å². The highest BCUT2D eigenvalue weighted by molar-refractivity contribution is 5.73. The maximum Gasteiger partial charge on any atom is 0.307 e. The van der Waals surface area contributed by atoms with E-state index in [4.69, 9.17) is 4.74 Å². The van der Waals surface area contributed by atoms with E-state index in [1.54, 1.807) is 6.08 Å². The first-order valence-corrected chi connectivity index (χ1v) is 3.44. The summed E-state index contributed by atoms with van der Waals surface area (Å²) in [4.78, 5) is 10.8. The quantitative estimate of drug-likeness (QED) is 0.407. The summed E-state index contributed by atoms with van der Waals surface area (Å²) < 4.78 is 5.05. The summed E-state index contributed by atoms with van der Waals surface area (Å²) in [5, 5.41) is 0. The molecule has 0 aromatic rings. The molecule has 1 aliphatic rings. The molecule has 0 aromatic carbocycles. The van der Waals surface area contributed by atoms with Gasteiger partial charge in [0.2, 0.25) is 0 Å². The van der Waals surface area contributed by atoms with Crippen LogP contribution in [0.15, 0.2) is 12.7 Å². The highest BCUT2D eigenvalue weighted by atomic mass is 16.6. The van der Waals surface area contributed by atoms with E-state index in [0.717, 1.165) is 0 Å². The van der Waals surface area contributed by atoms with Crippen molar-refractivity contribution in [3.63, 3.8) is 0 Å². The standard InChI is InChI=1S/C8H12O2/c1-4-8(3)6(2)5-7(9)10-8/h4,6H,1,5H2,2-3H3/t6-,8+/m1/s1. The SMILES string of the molecule is C=C[C@]1(C)OC(=O)C[C@H]1C. The van der Waals surface area contributed by atoms with Crippen molar-refractivity contribution in [2.24, 2.45) is 5.92 Å². The monoisotopic (exact) mass is 140 g/mol. The minimum absolute atomic E-state index is 0.116. The first-order valence-electron chi connectivity index (χ1n) is 3.44. The van der Waals surface area contributed by atoms with Crippen LogP contribution in [-0.2, 0) is 9.53 Å². The van der Waals surface area contributed by atoms with Gasteiger partial charge in [-0.25, -0.2) is 0 Å². The number of esters is 1. The number of cyclic esters (lactones) is 1. The average Bonchev–Trinajstić information content (AvgIpc) is 2.09. The van der Waals surface area contributed by atoms with Crippen LogP contribution in [0.4, 0.5) is 0 Å². The fourth-order valence-corrected chi connectivity index (χ4v) is 1.08. The van der Waals surface area contributed by atoms with Gasteiger partial charge in [-0.2, -0.15) is 0 Å². The van der Waals surface area contributed by atoms with Gasteiger partial charge in [0.25, 0.3) is 0 Å². The molecule has 2 atom stereocenters. The van der Waals surface area contributed by atoms with Crippen LogP contribution in [0.25, 0.3) is 0 Å². The van der Waals surface area contributed by atoms with Gasteiger partial charge in [-0.05, 0) is 13.0 Å². The summed E-state index contributed by atoms with van der Waals surface area (Å²) in [6.45, 7) is 7.50. The number of hydrogen-bond donors (Lipinski definition) is 0. The Morgan fingerprint density at radius 1 is 1.90 bits per heavy atom. The first-order chi connectivity index (χ1) is 4.58. The van der Waals surface area contributed by atoms with Crippen LogP contribution < -0.4 is 0 Å². The van der Waals surface area contributed by atoms with Gasteiger partial charge >= 0.3 is 5.97 Å². The van der Waals surface area contributed by atoms with Crippen molar-refractivity contribution < 1.29 is 9.53 Å². The van der Waals surface area contributed by atoms with Gasteiger partial charge in [0.1, 0.15) is 5.60 Å². The molecule has 0 unspecified atom stereocenters. The van der Waals surface area contributed by atoms with Gasteiger partial charge in [-0.1, -0.05) is 13.5 Å². The molecule has 0 saturated carbocycles. The molecule has 10 heavy (non-hydrogen) atoms. The summed E-state index contributed by atoms with van der Waals surface area (Å²) in [7, 11) is 0. The lowest BCUT2D eigenvalue weighted by atomic mass is 9.91. The molecule has 2 nitrogen and oxygen atoms in total. The number of ether oxygens (including phenoxy) is 1. The van der Waals surface area contributed by atoms with Gasteiger partial charge in [-0.15, -0.1) is 0 Å². The molecule has 1 fully saturated rings. The first kappa shape index (κ1) is 7.32. The molecule has 0 N–H and O–H groups in total. The topological polar surface area (TPSA) is 26.3 Å². The minimum atomic E-state index is -0.420. The van der Waals surface area contributed by atoms with Crippen molar-refractivity contribution in [2.75, 3.05) is 0 Å². The van der Waals surface area contributed by atoms with E-state index in [1.807, 2.05) is 13.8 Å². The second-order valence-electron chi connectivity index (χ2n) is 2.97. The minimum Gasteiger partial charge on any atom is -0.455 e. The fourth-order valence-electron chi connectivity index (χ4n) is 1.08. The molecule has 56 valence electrons. The lowest BCUT2D eigenvalue weighted by molar-refractivity contribution is -0.144. The van der Waals surface area contributed by atoms with Crippen molar-refractivity contribution in [2.45, 2.75) is 25.9 Å². The molecule has 1 rings (SSSR count). The Hall–Kier alpha value is -0.790. The molecule has 1 aliphatic heterocycles. The van der Waals surface area contributed by atoms with E-state index < -0.39 is 5.60 Å². The zero-order chi connectivity index (χ0) is 7.78. The largest absolute Gasteiger partial charge is 0.455 e. The summed E-state index contributed by atoms with van der Waals surface area (Å²) in [5.74, 6) is 0.146. The number of carbonyl (C=O) groups is 1. The average molecular weight is 140 g/mol. The highest BCUT2D eigenvalue weighted by Gasteiger charge is 2.39. The van der Waals surface area contributed by atoms with Gasteiger partial charge in [0, 0.05) is 5.92 Å². The van der Waals surface area contributed by atoms with Crippen molar-refractivity contribution in [3.8, 4) is 0 Å². The smallest absolute Gasteiger partial charge is 0.307 e. The molecule has 0 amide bonds. The zero-order valence-electron chi connectivity index (χ0n) is 6.39. The van der Waals surface area contributed by atoms with Gasteiger partial charge in [0.15, 0.2) is 0 Å². The predicted molar refractivity (Wildman–Crippen MR) is 38.5 cm³/mol. The number of carbonyl (C=O) groups excluding carboxylic acids is 1. The maximum absolute atomic E-state index is 10.8. The molecule has 2 heteroatoms. The van der Waals surface area contributed by atoms with E-state index in [9.17, 15) is 4.79 Å². The van der Waals surface area contributed by atoms with Crippen molar-refractivity contribution >= 4 is 5.97 Å². The summed E-state index contributed by atoms with van der Waals surface area (Å²) in [6, 6.07) is 0. The van der Waals surface area contributed by atoms with Crippen LogP contribution >= 0.6 is 0 Å². The summed E-state index contributed by atoms with van der Waals surface area (Å²) in [6.07, 6.45) is 2.21. The molecule has 0 aromatic heterocycles. The molecule has 1 saturated heterocycles. The summed E-state index contributed by atoms with van der Waals surface area (Å²) in [5.41, 5.74) is -0.420. The van der Waals surface area contributed by atoms with E-state index >= 15 is 0 Å². The number of hydrogen-bond acceptors (Lipinski definition) is 2. The van der Waals surface area contributed by atoms with Crippen LogP contribution in [0.1, 0.15) is 20.3 Å². The van der Waals surface area contributed by atoms with Gasteiger partial charge in [0.05, 0.1) is 6.42 Å². The highest BCUT2D eigenvalue weighted by Crippen LogP contribution is 2.32. The van der Waals surface area contributed by atoms with Crippen LogP contribution in [-0.4, -0.2) is 11.6 Å². The zero-order valence-corrected chi connectivity index (χ0v) is 6.39. The van der Waals surface area contributed by atoms with Crippen LogP contribution in [0, 0.1) is 5.92 Å². The Balaban J connectivity index is 2.79. The fraction of sp³-hybridized carbons (Fsp3) is 0.625. The van der Waals surface area contributed by atoms with Crippen molar-refractivity contribution in [1.29, 1.82) is 0 Å².